The summed E-state index contributed by atoms with van der Waals surface area (Å²) in [6.45, 7) is 0. The molecule has 0 radical (unpaired) electrons. The lowest BCUT2D eigenvalue weighted by Gasteiger charge is -2.09. The van der Waals surface area contributed by atoms with E-state index in [-0.39, 0.29) is 5.75 Å². The van der Waals surface area contributed by atoms with E-state index in [0.29, 0.717) is 33.0 Å². The molecule has 0 aliphatic carbocycles. The lowest BCUT2D eigenvalue weighted by Crippen LogP contribution is -1.99. The Hall–Kier alpha value is -3.35. The number of methoxy groups -OCH3 is 1. The Bertz CT molecular complexity index is 1260. The van der Waals surface area contributed by atoms with Gasteiger partial charge in [0.15, 0.2) is 23.1 Å². The third-order valence-corrected chi connectivity index (χ3v) is 4.91. The number of para-hydroxylation sites is 1. The number of aromatic hydroxyl groups is 1. The van der Waals surface area contributed by atoms with Gasteiger partial charge >= 0.3 is 0 Å². The van der Waals surface area contributed by atoms with Gasteiger partial charge in [0, 0.05) is 16.0 Å². The summed E-state index contributed by atoms with van der Waals surface area (Å²) in [5.41, 5.74) is 5.14. The fraction of sp³-hybridized carbons (Fsp3) is 0.0455. The molecule has 6 nitrogen and oxygen atoms in total. The molecule has 0 amide bonds. The molecule has 0 bridgehead atoms. The number of benzene rings is 3. The molecule has 1 aromatic heterocycles. The van der Waals surface area contributed by atoms with E-state index in [4.69, 9.17) is 27.9 Å². The largest absolute Gasteiger partial charge is 0.504 e. The Morgan fingerprint density at radius 3 is 2.67 bits per heavy atom. The van der Waals surface area contributed by atoms with Crippen LogP contribution in [0.1, 0.15) is 5.56 Å². The Morgan fingerprint density at radius 2 is 1.87 bits per heavy atom. The zero-order valence-corrected chi connectivity index (χ0v) is 17.3. The number of anilines is 1. The highest BCUT2D eigenvalue weighted by molar-refractivity contribution is 6.36. The predicted octanol–water partition coefficient (Wildman–Crippen LogP) is 5.76. The number of phenols is 1. The summed E-state index contributed by atoms with van der Waals surface area (Å²) in [5.74, 6) is 1.42. The van der Waals surface area contributed by atoms with Crippen LogP contribution in [0.2, 0.25) is 10.0 Å². The molecule has 150 valence electrons. The molecule has 0 spiro atoms. The maximum Gasteiger partial charge on any atom is 0.163 e. The molecule has 0 saturated heterocycles. The number of hydrazone groups is 1. The Labute approximate surface area is 182 Å². The summed E-state index contributed by atoms with van der Waals surface area (Å²) in [4.78, 5) is 9.23. The van der Waals surface area contributed by atoms with E-state index in [1.54, 1.807) is 42.6 Å². The molecule has 0 atom stereocenters. The summed E-state index contributed by atoms with van der Waals surface area (Å²) in [5, 5.41) is 15.8. The van der Waals surface area contributed by atoms with E-state index in [2.05, 4.69) is 20.5 Å². The molecule has 4 rings (SSSR count). The maximum absolute atomic E-state index is 9.71. The van der Waals surface area contributed by atoms with E-state index in [0.717, 1.165) is 16.5 Å². The second kappa shape index (κ2) is 8.57. The molecule has 4 aromatic rings. The van der Waals surface area contributed by atoms with Crippen LogP contribution in [0.5, 0.6) is 11.5 Å². The molecule has 3 aromatic carbocycles. The standard InChI is InChI=1S/C22H16Cl2N4O2/c1-30-20-10-13(6-9-19(20)29)12-25-28-22-16-4-2-3-5-18(16)26-21(27-22)15-8-7-14(23)11-17(15)24/h2-12,29H,1H3,(H,26,27,28)/b25-12-. The first-order valence-electron chi connectivity index (χ1n) is 8.93. The number of rotatable bonds is 5. The fourth-order valence-electron chi connectivity index (χ4n) is 2.90. The average molecular weight is 439 g/mol. The van der Waals surface area contributed by atoms with Crippen molar-refractivity contribution in [2.45, 2.75) is 0 Å². The third-order valence-electron chi connectivity index (χ3n) is 4.36. The number of nitrogens with zero attached hydrogens (tertiary/aromatic N) is 3. The van der Waals surface area contributed by atoms with Gasteiger partial charge in [0.25, 0.3) is 0 Å². The normalized spacial score (nSPS) is 11.2. The Balaban J connectivity index is 1.71. The first-order valence-corrected chi connectivity index (χ1v) is 9.69. The zero-order valence-electron chi connectivity index (χ0n) is 15.8. The maximum atomic E-state index is 9.71. The van der Waals surface area contributed by atoms with Crippen molar-refractivity contribution in [1.29, 1.82) is 0 Å². The lowest BCUT2D eigenvalue weighted by molar-refractivity contribution is 0.373. The van der Waals surface area contributed by atoms with Gasteiger partial charge in [-0.05, 0) is 54.1 Å². The van der Waals surface area contributed by atoms with Crippen molar-refractivity contribution < 1.29 is 9.84 Å². The van der Waals surface area contributed by atoms with Gasteiger partial charge in [-0.1, -0.05) is 35.3 Å². The second-order valence-electron chi connectivity index (χ2n) is 6.34. The van der Waals surface area contributed by atoms with Crippen LogP contribution in [0.25, 0.3) is 22.3 Å². The third kappa shape index (κ3) is 4.15. The van der Waals surface area contributed by atoms with E-state index in [1.165, 1.54) is 7.11 Å². The number of ether oxygens (including phenoxy) is 1. The van der Waals surface area contributed by atoms with Crippen LogP contribution in [-0.4, -0.2) is 28.4 Å². The molecular formula is C22H16Cl2N4O2. The lowest BCUT2D eigenvalue weighted by atomic mass is 10.2. The molecule has 0 unspecified atom stereocenters. The van der Waals surface area contributed by atoms with E-state index < -0.39 is 0 Å². The smallest absolute Gasteiger partial charge is 0.163 e. The zero-order chi connectivity index (χ0) is 21.1. The summed E-state index contributed by atoms with van der Waals surface area (Å²) in [6.07, 6.45) is 1.60. The number of aromatic nitrogens is 2. The topological polar surface area (TPSA) is 79.6 Å². The van der Waals surface area contributed by atoms with Crippen LogP contribution in [0.15, 0.2) is 65.8 Å². The summed E-state index contributed by atoms with van der Waals surface area (Å²) in [6, 6.07) is 17.7. The van der Waals surface area contributed by atoms with Gasteiger partial charge in [0.05, 0.1) is 23.9 Å². The van der Waals surface area contributed by atoms with Crippen molar-refractivity contribution in [3.63, 3.8) is 0 Å². The highest BCUT2D eigenvalue weighted by Gasteiger charge is 2.12. The molecule has 2 N–H and O–H groups in total. The fourth-order valence-corrected chi connectivity index (χ4v) is 3.39. The van der Waals surface area contributed by atoms with Crippen molar-refractivity contribution >= 4 is 46.1 Å². The highest BCUT2D eigenvalue weighted by atomic mass is 35.5. The minimum Gasteiger partial charge on any atom is -0.504 e. The molecule has 0 fully saturated rings. The van der Waals surface area contributed by atoms with E-state index in [1.807, 2.05) is 24.3 Å². The van der Waals surface area contributed by atoms with Gasteiger partial charge in [-0.25, -0.2) is 9.97 Å². The molecule has 0 saturated carbocycles. The van der Waals surface area contributed by atoms with Crippen molar-refractivity contribution in [3.8, 4) is 22.9 Å². The number of fused-ring (bicyclic) bond motifs is 1. The van der Waals surface area contributed by atoms with E-state index in [9.17, 15) is 5.11 Å². The van der Waals surface area contributed by atoms with E-state index >= 15 is 0 Å². The minimum absolute atomic E-state index is 0.0638. The first kappa shape index (κ1) is 19.9. The van der Waals surface area contributed by atoms with Gasteiger partial charge in [-0.2, -0.15) is 5.10 Å². The van der Waals surface area contributed by atoms with Crippen molar-refractivity contribution in [2.24, 2.45) is 5.10 Å². The van der Waals surface area contributed by atoms with Gasteiger partial charge in [-0.15, -0.1) is 0 Å². The summed E-state index contributed by atoms with van der Waals surface area (Å²) in [7, 11) is 1.49. The van der Waals surface area contributed by atoms with Crippen molar-refractivity contribution in [3.05, 3.63) is 76.3 Å². The van der Waals surface area contributed by atoms with Crippen LogP contribution in [0, 0.1) is 0 Å². The summed E-state index contributed by atoms with van der Waals surface area (Å²) < 4.78 is 5.12. The molecular weight excluding hydrogens is 423 g/mol. The first-order chi connectivity index (χ1) is 14.5. The molecule has 0 aliphatic heterocycles. The second-order valence-corrected chi connectivity index (χ2v) is 7.18. The van der Waals surface area contributed by atoms with Gasteiger partial charge in [0.1, 0.15) is 0 Å². The van der Waals surface area contributed by atoms with Gasteiger partial charge < -0.3 is 9.84 Å². The molecule has 0 aliphatic rings. The Kier molecular flexibility index (Phi) is 5.70. The summed E-state index contributed by atoms with van der Waals surface area (Å²) >= 11 is 12.4. The Morgan fingerprint density at radius 1 is 1.03 bits per heavy atom. The number of phenolic OH excluding ortho intramolecular Hbond substituents is 1. The quantitative estimate of drug-likeness (QED) is 0.305. The number of hydrogen-bond acceptors (Lipinski definition) is 6. The van der Waals surface area contributed by atoms with Crippen LogP contribution < -0.4 is 10.2 Å². The van der Waals surface area contributed by atoms with Gasteiger partial charge in [0.2, 0.25) is 0 Å². The minimum atomic E-state index is 0.0638. The average Bonchev–Trinajstić information content (AvgIpc) is 2.74. The molecule has 1 heterocycles. The van der Waals surface area contributed by atoms with Crippen LogP contribution in [-0.2, 0) is 0 Å². The van der Waals surface area contributed by atoms with Crippen LogP contribution in [0.3, 0.4) is 0 Å². The highest BCUT2D eigenvalue weighted by Crippen LogP contribution is 2.31. The van der Waals surface area contributed by atoms with Gasteiger partial charge in [-0.3, -0.25) is 5.43 Å². The number of hydrogen-bond donors (Lipinski definition) is 2. The SMILES string of the molecule is COc1cc(/C=N\Nc2nc(-c3ccc(Cl)cc3Cl)nc3ccccc23)ccc1O. The van der Waals surface area contributed by atoms with Crippen molar-refractivity contribution in [2.75, 3.05) is 12.5 Å². The predicted molar refractivity (Wildman–Crippen MR) is 121 cm³/mol. The number of nitrogens with one attached hydrogen (secondary N) is 1. The van der Waals surface area contributed by atoms with Crippen LogP contribution >= 0.6 is 23.2 Å². The molecule has 30 heavy (non-hydrogen) atoms. The molecule has 8 heteroatoms. The monoisotopic (exact) mass is 438 g/mol. The number of halogens is 2. The van der Waals surface area contributed by atoms with Crippen molar-refractivity contribution in [1.82, 2.24) is 9.97 Å². The van der Waals surface area contributed by atoms with Crippen LogP contribution in [0.4, 0.5) is 5.82 Å².